The summed E-state index contributed by atoms with van der Waals surface area (Å²) in [6.07, 6.45) is 0. The smallest absolute Gasteiger partial charge is 0.335 e. The molecule has 3 aromatic rings. The SMILES string of the molecule is Cc1ccc(Cn2c(=O)c(C(=O)N3CCN(C)CC3)nn(-c3cccc(Cl)c3)c2=O)cc1. The lowest BCUT2D eigenvalue weighted by Crippen LogP contribution is -2.51. The number of nitrogens with zero attached hydrogens (tertiary/aromatic N) is 5. The van der Waals surface area contributed by atoms with Gasteiger partial charge in [0, 0.05) is 31.2 Å². The number of likely N-dealkylation sites (N-methyl/N-ethyl adjacent to an activating group) is 1. The van der Waals surface area contributed by atoms with Crippen molar-refractivity contribution in [3.05, 3.63) is 91.2 Å². The summed E-state index contributed by atoms with van der Waals surface area (Å²) in [5, 5.41) is 4.62. The minimum atomic E-state index is -0.696. The molecule has 0 spiro atoms. The molecule has 0 aliphatic carbocycles. The van der Waals surface area contributed by atoms with Crippen molar-refractivity contribution < 1.29 is 4.79 Å². The fraction of sp³-hybridized carbons (Fsp3) is 0.304. The third-order valence-corrected chi connectivity index (χ3v) is 5.80. The van der Waals surface area contributed by atoms with Crippen molar-refractivity contribution in [2.24, 2.45) is 0 Å². The van der Waals surface area contributed by atoms with Crippen LogP contribution >= 0.6 is 11.6 Å². The highest BCUT2D eigenvalue weighted by Gasteiger charge is 2.27. The molecule has 0 unspecified atom stereocenters. The fourth-order valence-electron chi connectivity index (χ4n) is 3.60. The molecule has 0 atom stereocenters. The van der Waals surface area contributed by atoms with Crippen LogP contribution in [0.4, 0.5) is 0 Å². The van der Waals surface area contributed by atoms with E-state index >= 15 is 0 Å². The van der Waals surface area contributed by atoms with Gasteiger partial charge in [-0.05, 0) is 37.7 Å². The zero-order chi connectivity index (χ0) is 22.8. The molecule has 0 saturated carbocycles. The van der Waals surface area contributed by atoms with Crippen molar-refractivity contribution >= 4 is 17.5 Å². The molecule has 1 amide bonds. The van der Waals surface area contributed by atoms with Crippen molar-refractivity contribution in [3.8, 4) is 5.69 Å². The molecule has 1 aliphatic rings. The number of halogens is 1. The standard InChI is InChI=1S/C23H24ClN5O3/c1-16-6-8-17(9-7-16)15-28-22(31)20(21(30)27-12-10-26(2)11-13-27)25-29(23(28)32)19-5-3-4-18(24)14-19/h3-9,14H,10-13,15H2,1-2H3. The van der Waals surface area contributed by atoms with E-state index in [-0.39, 0.29) is 12.2 Å². The molecule has 2 heterocycles. The average molecular weight is 454 g/mol. The van der Waals surface area contributed by atoms with Crippen LogP contribution < -0.4 is 11.2 Å². The van der Waals surface area contributed by atoms with Crippen molar-refractivity contribution in [2.45, 2.75) is 13.5 Å². The van der Waals surface area contributed by atoms with Gasteiger partial charge in [0.15, 0.2) is 0 Å². The first-order chi connectivity index (χ1) is 15.3. The van der Waals surface area contributed by atoms with Crippen molar-refractivity contribution in [2.75, 3.05) is 33.2 Å². The van der Waals surface area contributed by atoms with E-state index in [0.29, 0.717) is 36.9 Å². The maximum absolute atomic E-state index is 13.3. The lowest BCUT2D eigenvalue weighted by molar-refractivity contribution is 0.0652. The van der Waals surface area contributed by atoms with Crippen molar-refractivity contribution in [3.63, 3.8) is 0 Å². The molecular formula is C23H24ClN5O3. The molecule has 1 saturated heterocycles. The number of benzene rings is 2. The number of hydrogen-bond acceptors (Lipinski definition) is 5. The Kier molecular flexibility index (Phi) is 6.25. The number of aromatic nitrogens is 3. The van der Waals surface area contributed by atoms with E-state index in [1.165, 1.54) is 0 Å². The van der Waals surface area contributed by atoms with Crippen LogP contribution in [0, 0.1) is 6.92 Å². The molecule has 32 heavy (non-hydrogen) atoms. The van der Waals surface area contributed by atoms with Gasteiger partial charge in [-0.25, -0.2) is 4.79 Å². The Hall–Kier alpha value is -3.23. The van der Waals surface area contributed by atoms with Crippen LogP contribution in [0.3, 0.4) is 0 Å². The van der Waals surface area contributed by atoms with Crippen LogP contribution in [0.1, 0.15) is 21.6 Å². The van der Waals surface area contributed by atoms with Crippen molar-refractivity contribution in [1.82, 2.24) is 24.1 Å². The summed E-state index contributed by atoms with van der Waals surface area (Å²) in [5.41, 5.74) is 0.620. The Balaban J connectivity index is 1.84. The second kappa shape index (κ2) is 9.10. The number of piperazine rings is 1. The Bertz CT molecular complexity index is 1260. The van der Waals surface area contributed by atoms with Gasteiger partial charge in [-0.2, -0.15) is 9.78 Å². The Morgan fingerprint density at radius 3 is 2.38 bits per heavy atom. The number of carbonyl (C=O) groups is 1. The second-order valence-corrected chi connectivity index (χ2v) is 8.43. The van der Waals surface area contributed by atoms with Crippen molar-refractivity contribution in [1.29, 1.82) is 0 Å². The highest BCUT2D eigenvalue weighted by atomic mass is 35.5. The molecule has 1 aliphatic heterocycles. The zero-order valence-electron chi connectivity index (χ0n) is 18.0. The molecular weight excluding hydrogens is 430 g/mol. The summed E-state index contributed by atoms with van der Waals surface area (Å²) < 4.78 is 2.13. The number of rotatable bonds is 4. The maximum Gasteiger partial charge on any atom is 0.352 e. The lowest BCUT2D eigenvalue weighted by Gasteiger charge is -2.32. The summed E-state index contributed by atoms with van der Waals surface area (Å²) in [4.78, 5) is 43.5. The fourth-order valence-corrected chi connectivity index (χ4v) is 3.78. The quantitative estimate of drug-likeness (QED) is 0.601. The monoisotopic (exact) mass is 453 g/mol. The van der Waals surface area contributed by atoms with Gasteiger partial charge in [0.25, 0.3) is 11.5 Å². The minimum Gasteiger partial charge on any atom is -0.335 e. The van der Waals surface area contributed by atoms with Crippen LogP contribution in [0.25, 0.3) is 5.69 Å². The predicted octanol–water partition coefficient (Wildman–Crippen LogP) is 1.79. The molecule has 8 nitrogen and oxygen atoms in total. The highest BCUT2D eigenvalue weighted by Crippen LogP contribution is 2.13. The topological polar surface area (TPSA) is 80.4 Å². The normalized spacial score (nSPS) is 14.5. The molecule has 0 N–H and O–H groups in total. The minimum absolute atomic E-state index is 0.0318. The van der Waals surface area contributed by atoms with Crippen LogP contribution in [0.15, 0.2) is 58.1 Å². The number of carbonyl (C=O) groups excluding carboxylic acids is 1. The summed E-state index contributed by atoms with van der Waals surface area (Å²) in [6.45, 7) is 4.38. The van der Waals surface area contributed by atoms with Gasteiger partial charge in [0.2, 0.25) is 5.69 Å². The third-order valence-electron chi connectivity index (χ3n) is 5.57. The van der Waals surface area contributed by atoms with Crippen LogP contribution in [0.2, 0.25) is 5.02 Å². The van der Waals surface area contributed by atoms with E-state index in [9.17, 15) is 14.4 Å². The maximum atomic E-state index is 13.3. The van der Waals surface area contributed by atoms with Gasteiger partial charge in [0.05, 0.1) is 12.2 Å². The molecule has 166 valence electrons. The summed E-state index contributed by atoms with van der Waals surface area (Å²) in [7, 11) is 1.98. The van der Waals surface area contributed by atoms with Gasteiger partial charge in [-0.1, -0.05) is 47.5 Å². The first-order valence-electron chi connectivity index (χ1n) is 10.4. The van der Waals surface area contributed by atoms with Gasteiger partial charge < -0.3 is 9.80 Å². The van der Waals surface area contributed by atoms with E-state index in [1.807, 2.05) is 38.2 Å². The molecule has 0 radical (unpaired) electrons. The Labute approximate surface area is 190 Å². The first-order valence-corrected chi connectivity index (χ1v) is 10.7. The van der Waals surface area contributed by atoms with E-state index in [2.05, 4.69) is 10.00 Å². The lowest BCUT2D eigenvalue weighted by atomic mass is 10.1. The molecule has 4 rings (SSSR count). The second-order valence-electron chi connectivity index (χ2n) is 8.00. The first kappa shape index (κ1) is 22.0. The summed E-state index contributed by atoms with van der Waals surface area (Å²) in [5.74, 6) is -0.475. The number of hydrogen-bond donors (Lipinski definition) is 0. The molecule has 0 bridgehead atoms. The molecule has 9 heteroatoms. The van der Waals surface area contributed by atoms with E-state index in [0.717, 1.165) is 20.4 Å². The van der Waals surface area contributed by atoms with Crippen LogP contribution in [0.5, 0.6) is 0 Å². The van der Waals surface area contributed by atoms with Gasteiger partial charge in [0.1, 0.15) is 0 Å². The van der Waals surface area contributed by atoms with Gasteiger partial charge in [-0.15, -0.1) is 0 Å². The molecule has 2 aromatic carbocycles. The van der Waals surface area contributed by atoms with Crippen LogP contribution in [-0.4, -0.2) is 63.3 Å². The number of aryl methyl sites for hydroxylation is 1. The largest absolute Gasteiger partial charge is 0.352 e. The zero-order valence-corrected chi connectivity index (χ0v) is 18.7. The Morgan fingerprint density at radius 1 is 1.03 bits per heavy atom. The van der Waals surface area contributed by atoms with E-state index in [4.69, 9.17) is 11.6 Å². The highest BCUT2D eigenvalue weighted by molar-refractivity contribution is 6.30. The molecule has 1 aromatic heterocycles. The number of amides is 1. The summed E-state index contributed by atoms with van der Waals surface area (Å²) >= 11 is 6.11. The average Bonchev–Trinajstić information content (AvgIpc) is 2.78. The van der Waals surface area contributed by atoms with Gasteiger partial charge >= 0.3 is 5.69 Å². The van der Waals surface area contributed by atoms with Crippen LogP contribution in [-0.2, 0) is 6.54 Å². The third kappa shape index (κ3) is 4.51. The Morgan fingerprint density at radius 2 is 1.72 bits per heavy atom. The van der Waals surface area contributed by atoms with E-state index in [1.54, 1.807) is 29.2 Å². The van der Waals surface area contributed by atoms with E-state index < -0.39 is 17.2 Å². The predicted molar refractivity (Wildman–Crippen MR) is 123 cm³/mol. The van der Waals surface area contributed by atoms with Gasteiger partial charge in [-0.3, -0.25) is 14.2 Å². The molecule has 1 fully saturated rings. The summed E-state index contributed by atoms with van der Waals surface area (Å²) in [6, 6.07) is 14.1.